The molecule has 80 valence electrons. The summed E-state index contributed by atoms with van der Waals surface area (Å²) in [4.78, 5) is 4.32. The molecule has 0 unspecified atom stereocenters. The summed E-state index contributed by atoms with van der Waals surface area (Å²) in [6.45, 7) is -0.336. The molecule has 0 bridgehead atoms. The van der Waals surface area contributed by atoms with Gasteiger partial charge in [0, 0.05) is 59.0 Å². The Kier molecular flexibility index (Phi) is 3.89. The van der Waals surface area contributed by atoms with Gasteiger partial charge >= 0.3 is 0 Å². The van der Waals surface area contributed by atoms with Gasteiger partial charge in [0.1, 0.15) is 0 Å². The average molecular weight is 401 g/mol. The molecule has 0 spiro atoms. The molecule has 0 saturated heterocycles. The van der Waals surface area contributed by atoms with Gasteiger partial charge in [0.05, 0.1) is 6.67 Å². The van der Waals surface area contributed by atoms with E-state index in [0.717, 1.165) is 21.1 Å². The summed E-state index contributed by atoms with van der Waals surface area (Å²) in [5, 5.41) is 1.02. The van der Waals surface area contributed by atoms with E-state index in [4.69, 9.17) is 0 Å². The minimum atomic E-state index is -0.336. The minimum Gasteiger partial charge on any atom is -0.266 e. The smallest absolute Gasteiger partial charge is 0.150 e. The molecule has 0 saturated carbocycles. The Morgan fingerprint density at radius 2 is 2.40 bits per heavy atom. The van der Waals surface area contributed by atoms with Crippen LogP contribution >= 0.6 is 46.3 Å². The van der Waals surface area contributed by atoms with Crippen molar-refractivity contribution in [3.05, 3.63) is 28.5 Å². The first-order chi connectivity index (χ1) is 7.26. The van der Waals surface area contributed by atoms with Crippen molar-refractivity contribution in [3.63, 3.8) is 0 Å². The first-order valence-corrected chi connectivity index (χ1v) is 8.37. The zero-order chi connectivity index (χ0) is 10.8. The van der Waals surface area contributed by atoms with Crippen molar-refractivity contribution >= 4 is 57.3 Å². The van der Waals surface area contributed by atoms with Crippen LogP contribution in [0.2, 0.25) is 0 Å². The second-order valence-corrected chi connectivity index (χ2v) is 5.64. The first-order valence-electron chi connectivity index (χ1n) is 4.26. The summed E-state index contributed by atoms with van der Waals surface area (Å²) in [7, 11) is 1.54. The zero-order valence-corrected chi connectivity index (χ0v) is 12.1. The van der Waals surface area contributed by atoms with Crippen LogP contribution in [0.15, 0.2) is 22.9 Å². The monoisotopic (exact) mass is 400 g/mol. The highest BCUT2D eigenvalue weighted by Crippen LogP contribution is 2.29. The van der Waals surface area contributed by atoms with Crippen LogP contribution in [0.1, 0.15) is 5.56 Å². The number of rotatable bonds is 3. The normalized spacial score (nSPS) is 11.1. The van der Waals surface area contributed by atoms with E-state index in [-0.39, 0.29) is 6.67 Å². The molecule has 2 aromatic rings. The third kappa shape index (κ3) is 2.31. The number of hydrogen-bond acceptors (Lipinski definition) is 2. The number of halogens is 3. The van der Waals surface area contributed by atoms with Crippen molar-refractivity contribution in [2.24, 2.45) is 0 Å². The number of hydrogen-bond donors (Lipinski definition) is 0. The Morgan fingerprint density at radius 1 is 1.60 bits per heavy atom. The van der Waals surface area contributed by atoms with Crippen molar-refractivity contribution in [2.45, 2.75) is 6.42 Å². The summed E-state index contributed by atoms with van der Waals surface area (Å²) >= 11 is 5.56. The Balaban J connectivity index is 2.64. The predicted molar refractivity (Wildman–Crippen MR) is 74.1 cm³/mol. The maximum absolute atomic E-state index is 12.4. The molecule has 2 nitrogen and oxygen atoms in total. The SMILES string of the molecule is FCCc1cn(SI)c2ncc(Br)cc12. The third-order valence-electron chi connectivity index (χ3n) is 2.10. The van der Waals surface area contributed by atoms with Gasteiger partial charge in [0.25, 0.3) is 0 Å². The molecule has 0 aromatic carbocycles. The fraction of sp³-hybridized carbons (Fsp3) is 0.222. The maximum atomic E-state index is 12.4. The molecule has 0 N–H and O–H groups in total. The van der Waals surface area contributed by atoms with E-state index in [1.807, 2.05) is 16.2 Å². The lowest BCUT2D eigenvalue weighted by Crippen LogP contribution is -1.84. The topological polar surface area (TPSA) is 17.8 Å². The molecule has 6 heteroatoms. The molecule has 2 rings (SSSR count). The number of aryl methyl sites for hydroxylation is 1. The van der Waals surface area contributed by atoms with Gasteiger partial charge in [0.15, 0.2) is 5.65 Å². The number of nitrogens with zero attached hydrogens (tertiary/aromatic N) is 2. The fourth-order valence-corrected chi connectivity index (χ4v) is 3.08. The van der Waals surface area contributed by atoms with Crippen LogP contribution in [-0.4, -0.2) is 15.6 Å². The van der Waals surface area contributed by atoms with Crippen LogP contribution in [0.3, 0.4) is 0 Å². The maximum Gasteiger partial charge on any atom is 0.150 e. The number of aromatic nitrogens is 2. The Bertz CT molecular complexity index is 488. The molecule has 0 aliphatic heterocycles. The molecular weight excluding hydrogens is 394 g/mol. The van der Waals surface area contributed by atoms with Crippen molar-refractivity contribution in [1.29, 1.82) is 0 Å². The highest BCUT2D eigenvalue weighted by molar-refractivity contribution is 14.2. The number of alkyl halides is 1. The highest BCUT2D eigenvalue weighted by Gasteiger charge is 2.09. The van der Waals surface area contributed by atoms with E-state index >= 15 is 0 Å². The molecule has 0 fully saturated rings. The van der Waals surface area contributed by atoms with E-state index in [2.05, 4.69) is 42.1 Å². The highest BCUT2D eigenvalue weighted by atomic mass is 127. The van der Waals surface area contributed by atoms with Crippen LogP contribution in [-0.2, 0) is 6.42 Å². The molecule has 15 heavy (non-hydrogen) atoms. The van der Waals surface area contributed by atoms with Crippen LogP contribution in [0.5, 0.6) is 0 Å². The van der Waals surface area contributed by atoms with E-state index in [1.165, 1.54) is 9.12 Å². The standard InChI is InChI=1S/C9H7BrFIN2S/c10-7-3-8-6(1-2-11)5-14(15-12)9(8)13-4-7/h3-5H,1-2H2. The van der Waals surface area contributed by atoms with Crippen molar-refractivity contribution in [1.82, 2.24) is 8.96 Å². The van der Waals surface area contributed by atoms with Gasteiger partial charge in [-0.1, -0.05) is 0 Å². The van der Waals surface area contributed by atoms with Crippen LogP contribution in [0.4, 0.5) is 4.39 Å². The van der Waals surface area contributed by atoms with E-state index in [9.17, 15) is 4.39 Å². The zero-order valence-electron chi connectivity index (χ0n) is 7.58. The lowest BCUT2D eigenvalue weighted by molar-refractivity contribution is 0.496. The summed E-state index contributed by atoms with van der Waals surface area (Å²) in [5.74, 6) is 0. The lowest BCUT2D eigenvalue weighted by Gasteiger charge is -1.96. The third-order valence-corrected chi connectivity index (χ3v) is 4.23. The quantitative estimate of drug-likeness (QED) is 0.720. The Labute approximate surface area is 111 Å². The molecule has 0 aliphatic rings. The van der Waals surface area contributed by atoms with Gasteiger partial charge in [-0.25, -0.2) is 4.98 Å². The van der Waals surface area contributed by atoms with Gasteiger partial charge in [-0.15, -0.1) is 0 Å². The van der Waals surface area contributed by atoms with Crippen molar-refractivity contribution < 1.29 is 4.39 Å². The molecule has 0 amide bonds. The molecule has 2 aromatic heterocycles. The van der Waals surface area contributed by atoms with Crippen LogP contribution in [0.25, 0.3) is 11.0 Å². The first kappa shape index (κ1) is 11.7. The van der Waals surface area contributed by atoms with Crippen LogP contribution < -0.4 is 0 Å². The number of pyridine rings is 1. The Morgan fingerprint density at radius 3 is 3.07 bits per heavy atom. The Hall–Kier alpha value is 0.180. The fourth-order valence-electron chi connectivity index (χ4n) is 1.47. The van der Waals surface area contributed by atoms with Gasteiger partial charge < -0.3 is 0 Å². The summed E-state index contributed by atoms with van der Waals surface area (Å²) in [6.07, 6.45) is 4.14. The minimum absolute atomic E-state index is 0.336. The second kappa shape index (κ2) is 5.01. The molecule has 2 heterocycles. The van der Waals surface area contributed by atoms with Crippen molar-refractivity contribution in [3.8, 4) is 0 Å². The predicted octanol–water partition coefficient (Wildman–Crippen LogP) is 4.16. The molecule has 0 aliphatic carbocycles. The lowest BCUT2D eigenvalue weighted by atomic mass is 10.2. The summed E-state index contributed by atoms with van der Waals surface area (Å²) in [6, 6.07) is 1.98. The molecule has 0 radical (unpaired) electrons. The van der Waals surface area contributed by atoms with Gasteiger partial charge in [-0.3, -0.25) is 8.36 Å². The summed E-state index contributed by atoms with van der Waals surface area (Å²) < 4.78 is 15.2. The average Bonchev–Trinajstić information content (AvgIpc) is 2.57. The second-order valence-electron chi connectivity index (χ2n) is 3.01. The molecular formula is C9H7BrFIN2S. The van der Waals surface area contributed by atoms with Gasteiger partial charge in [-0.2, -0.15) is 0 Å². The number of fused-ring (bicyclic) bond motifs is 1. The van der Waals surface area contributed by atoms with E-state index in [0.29, 0.717) is 6.42 Å². The van der Waals surface area contributed by atoms with Crippen LogP contribution in [0, 0.1) is 0 Å². The molecule has 0 atom stereocenters. The van der Waals surface area contributed by atoms with Gasteiger partial charge in [-0.05, 0) is 27.6 Å². The van der Waals surface area contributed by atoms with Gasteiger partial charge in [0.2, 0.25) is 0 Å². The van der Waals surface area contributed by atoms with Crippen molar-refractivity contribution in [2.75, 3.05) is 6.67 Å². The van der Waals surface area contributed by atoms with E-state index in [1.54, 1.807) is 6.20 Å². The largest absolute Gasteiger partial charge is 0.266 e. The summed E-state index contributed by atoms with van der Waals surface area (Å²) in [5.41, 5.74) is 1.89. The van der Waals surface area contributed by atoms with E-state index < -0.39 is 0 Å².